The monoisotopic (exact) mass is 467 g/mol. The zero-order chi connectivity index (χ0) is 23.0. The quantitative estimate of drug-likeness (QED) is 0.574. The summed E-state index contributed by atoms with van der Waals surface area (Å²) in [6, 6.07) is 0. The number of carbonyl (C=O) groups excluding carboxylic acids is 1. The van der Waals surface area contributed by atoms with Crippen LogP contribution in [0.1, 0.15) is 39.9 Å². The van der Waals surface area contributed by atoms with Gasteiger partial charge in [-0.25, -0.2) is 14.5 Å². The molecule has 0 radical (unpaired) electrons. The first kappa shape index (κ1) is 22.6. The Bertz CT molecular complexity index is 1130. The van der Waals surface area contributed by atoms with Gasteiger partial charge < -0.3 is 4.90 Å². The zero-order valence-corrected chi connectivity index (χ0v) is 18.9. The number of fused-ring (bicyclic) bond motifs is 1. The van der Waals surface area contributed by atoms with Crippen molar-refractivity contribution in [3.63, 3.8) is 0 Å². The van der Waals surface area contributed by atoms with E-state index in [4.69, 9.17) is 0 Å². The third-order valence-electron chi connectivity index (χ3n) is 5.67. The van der Waals surface area contributed by atoms with Gasteiger partial charge in [0.25, 0.3) is 11.6 Å². The second-order valence-corrected chi connectivity index (χ2v) is 8.98. The summed E-state index contributed by atoms with van der Waals surface area (Å²) in [4.78, 5) is 29.0. The number of rotatable bonds is 5. The summed E-state index contributed by atoms with van der Waals surface area (Å²) in [7, 11) is 0. The Balaban J connectivity index is 1.36. The standard InChI is InChI=1S/C20H24F3N7OS/c1-12-16(13(2)30-19(24-12)26-18(27-30)20(21,22)23)4-5-17(31)29-8-6-28(7-9-29)10-15-11-32-14(3)25-15/h11H,4-10H2,1-3H3. The number of piperazine rings is 1. The Labute approximate surface area is 187 Å². The van der Waals surface area contributed by atoms with Crippen LogP contribution in [0.25, 0.3) is 5.78 Å². The zero-order valence-electron chi connectivity index (χ0n) is 18.1. The Morgan fingerprint density at radius 3 is 2.44 bits per heavy atom. The average Bonchev–Trinajstić information content (AvgIpc) is 3.34. The van der Waals surface area contributed by atoms with E-state index in [0.717, 1.165) is 40.4 Å². The summed E-state index contributed by atoms with van der Waals surface area (Å²) in [6.07, 6.45) is -3.98. The van der Waals surface area contributed by atoms with Crippen LogP contribution in [0.2, 0.25) is 0 Å². The van der Waals surface area contributed by atoms with E-state index in [-0.39, 0.29) is 18.1 Å². The van der Waals surface area contributed by atoms with Crippen molar-refractivity contribution in [3.05, 3.63) is 38.9 Å². The largest absolute Gasteiger partial charge is 0.453 e. The molecule has 0 bridgehead atoms. The van der Waals surface area contributed by atoms with E-state index in [9.17, 15) is 18.0 Å². The van der Waals surface area contributed by atoms with Crippen LogP contribution in [0.5, 0.6) is 0 Å². The first-order chi connectivity index (χ1) is 15.1. The highest BCUT2D eigenvalue weighted by Crippen LogP contribution is 2.27. The molecule has 0 aromatic carbocycles. The van der Waals surface area contributed by atoms with E-state index in [1.54, 1.807) is 25.2 Å². The maximum Gasteiger partial charge on any atom is 0.453 e. The molecular formula is C20H24F3N7OS. The van der Waals surface area contributed by atoms with Gasteiger partial charge in [-0.1, -0.05) is 0 Å². The molecule has 0 spiro atoms. The van der Waals surface area contributed by atoms with Crippen LogP contribution in [-0.4, -0.2) is 66.5 Å². The van der Waals surface area contributed by atoms with Crippen molar-refractivity contribution in [2.24, 2.45) is 0 Å². The molecule has 1 amide bonds. The average molecular weight is 468 g/mol. The highest BCUT2D eigenvalue weighted by Gasteiger charge is 2.37. The summed E-state index contributed by atoms with van der Waals surface area (Å²) in [5, 5.41) is 6.67. The van der Waals surface area contributed by atoms with Crippen molar-refractivity contribution in [2.45, 2.75) is 46.3 Å². The molecular weight excluding hydrogens is 443 g/mol. The number of aryl methyl sites for hydroxylation is 3. The fraction of sp³-hybridized carbons (Fsp3) is 0.550. The summed E-state index contributed by atoms with van der Waals surface area (Å²) >= 11 is 1.64. The summed E-state index contributed by atoms with van der Waals surface area (Å²) in [6.45, 7) is 9.03. The number of hydrogen-bond acceptors (Lipinski definition) is 7. The lowest BCUT2D eigenvalue weighted by Gasteiger charge is -2.34. The fourth-order valence-electron chi connectivity index (χ4n) is 3.95. The summed E-state index contributed by atoms with van der Waals surface area (Å²) < 4.78 is 39.9. The first-order valence-electron chi connectivity index (χ1n) is 10.3. The van der Waals surface area contributed by atoms with E-state index >= 15 is 0 Å². The molecule has 172 valence electrons. The fourth-order valence-corrected chi connectivity index (χ4v) is 4.55. The van der Waals surface area contributed by atoms with Crippen molar-refractivity contribution >= 4 is 23.0 Å². The number of aromatic nitrogens is 5. The first-order valence-corrected chi connectivity index (χ1v) is 11.2. The normalized spacial score (nSPS) is 15.6. The Morgan fingerprint density at radius 1 is 1.09 bits per heavy atom. The molecule has 32 heavy (non-hydrogen) atoms. The maximum absolute atomic E-state index is 12.9. The van der Waals surface area contributed by atoms with Gasteiger partial charge >= 0.3 is 6.18 Å². The minimum absolute atomic E-state index is 0.0302. The Kier molecular flexibility index (Phi) is 6.17. The van der Waals surface area contributed by atoms with Crippen LogP contribution >= 0.6 is 11.3 Å². The van der Waals surface area contributed by atoms with Crippen molar-refractivity contribution in [2.75, 3.05) is 26.2 Å². The lowest BCUT2D eigenvalue weighted by Crippen LogP contribution is -2.48. The van der Waals surface area contributed by atoms with Crippen LogP contribution < -0.4 is 0 Å². The van der Waals surface area contributed by atoms with Crippen molar-refractivity contribution in [3.8, 4) is 0 Å². The molecule has 3 aromatic heterocycles. The molecule has 8 nitrogen and oxygen atoms in total. The van der Waals surface area contributed by atoms with Crippen molar-refractivity contribution in [1.82, 2.24) is 34.4 Å². The van der Waals surface area contributed by atoms with Crippen LogP contribution in [0, 0.1) is 20.8 Å². The summed E-state index contributed by atoms with van der Waals surface area (Å²) in [5.41, 5.74) is 2.86. The van der Waals surface area contributed by atoms with Gasteiger partial charge in [-0.15, -0.1) is 16.4 Å². The van der Waals surface area contributed by atoms with E-state index in [2.05, 4.69) is 30.3 Å². The molecule has 4 rings (SSSR count). The number of nitrogens with zero attached hydrogens (tertiary/aromatic N) is 7. The van der Waals surface area contributed by atoms with Crippen molar-refractivity contribution < 1.29 is 18.0 Å². The van der Waals surface area contributed by atoms with Crippen LogP contribution in [0.3, 0.4) is 0 Å². The smallest absolute Gasteiger partial charge is 0.340 e. The Hall–Kier alpha value is -2.60. The minimum atomic E-state index is -4.63. The van der Waals surface area contributed by atoms with E-state index in [0.29, 0.717) is 30.9 Å². The third kappa shape index (κ3) is 4.75. The molecule has 0 atom stereocenters. The van der Waals surface area contributed by atoms with Gasteiger partial charge in [0.1, 0.15) is 0 Å². The predicted octanol–water partition coefficient (Wildman–Crippen LogP) is 2.80. The lowest BCUT2D eigenvalue weighted by molar-refractivity contribution is -0.144. The van der Waals surface area contributed by atoms with Gasteiger partial charge in [0.2, 0.25) is 5.91 Å². The van der Waals surface area contributed by atoms with Crippen LogP contribution in [0.15, 0.2) is 5.38 Å². The topological polar surface area (TPSA) is 79.5 Å². The molecule has 1 fully saturated rings. The molecule has 3 aromatic rings. The number of alkyl halides is 3. The van der Waals surface area contributed by atoms with E-state index < -0.39 is 12.0 Å². The number of carbonyl (C=O) groups is 1. The van der Waals surface area contributed by atoms with Crippen LogP contribution in [-0.2, 0) is 23.9 Å². The Morgan fingerprint density at radius 2 is 1.81 bits per heavy atom. The molecule has 0 N–H and O–H groups in total. The highest BCUT2D eigenvalue weighted by molar-refractivity contribution is 7.09. The molecule has 0 aliphatic carbocycles. The predicted molar refractivity (Wildman–Crippen MR) is 112 cm³/mol. The molecule has 1 saturated heterocycles. The third-order valence-corrected chi connectivity index (χ3v) is 6.49. The molecule has 1 aliphatic rings. The molecule has 4 heterocycles. The molecule has 1 aliphatic heterocycles. The van der Waals surface area contributed by atoms with Crippen LogP contribution in [0.4, 0.5) is 13.2 Å². The molecule has 12 heteroatoms. The number of hydrogen-bond donors (Lipinski definition) is 0. The maximum atomic E-state index is 12.9. The van der Waals surface area contributed by atoms with E-state index in [1.165, 1.54) is 0 Å². The second kappa shape index (κ2) is 8.74. The van der Waals surface area contributed by atoms with Gasteiger partial charge in [-0.3, -0.25) is 9.69 Å². The van der Waals surface area contributed by atoms with Gasteiger partial charge in [-0.05, 0) is 32.8 Å². The van der Waals surface area contributed by atoms with Gasteiger partial charge in [-0.2, -0.15) is 18.2 Å². The van der Waals surface area contributed by atoms with Gasteiger partial charge in [0.15, 0.2) is 0 Å². The number of thiazole rings is 1. The number of halogens is 3. The molecule has 0 unspecified atom stereocenters. The highest BCUT2D eigenvalue weighted by atomic mass is 32.1. The minimum Gasteiger partial charge on any atom is -0.340 e. The number of amides is 1. The molecule has 0 saturated carbocycles. The lowest BCUT2D eigenvalue weighted by atomic mass is 10.1. The van der Waals surface area contributed by atoms with E-state index in [1.807, 2.05) is 11.8 Å². The SMILES string of the molecule is Cc1nc(CN2CCN(C(=O)CCc3c(C)nc4nc(C(F)(F)F)nn4c3C)CC2)cs1. The van der Waals surface area contributed by atoms with Crippen molar-refractivity contribution in [1.29, 1.82) is 0 Å². The van der Waals surface area contributed by atoms with Gasteiger partial charge in [0, 0.05) is 55.9 Å². The van der Waals surface area contributed by atoms with Gasteiger partial charge in [0.05, 0.1) is 10.7 Å². The second-order valence-electron chi connectivity index (χ2n) is 7.92. The summed E-state index contributed by atoms with van der Waals surface area (Å²) in [5.74, 6) is -1.28.